The van der Waals surface area contributed by atoms with Crippen LogP contribution < -0.4 is 0 Å². The fourth-order valence-corrected chi connectivity index (χ4v) is 0.500. The molecule has 0 aromatic carbocycles. The molecule has 0 aromatic rings. The molecule has 0 fully saturated rings. The maximum Gasteiger partial charge on any atom is 0.351 e. The van der Waals surface area contributed by atoms with E-state index in [4.69, 9.17) is 5.41 Å². The van der Waals surface area contributed by atoms with E-state index in [1.807, 2.05) is 0 Å². The van der Waals surface area contributed by atoms with E-state index in [0.717, 1.165) is 0 Å². The van der Waals surface area contributed by atoms with Crippen LogP contribution in [0.3, 0.4) is 0 Å². The van der Waals surface area contributed by atoms with Crippen LogP contribution >= 0.6 is 0 Å². The van der Waals surface area contributed by atoms with Crippen molar-refractivity contribution in [2.45, 2.75) is 28.7 Å². The molecular formula is C11H21NO4. The third-order valence-electron chi connectivity index (χ3n) is 1.20. The molecule has 0 heterocycles. The van der Waals surface area contributed by atoms with Crippen LogP contribution in [0.15, 0.2) is 12.2 Å². The Labute approximate surface area is 96.9 Å². The second-order valence-corrected chi connectivity index (χ2v) is 2.68. The first-order valence-electron chi connectivity index (χ1n) is 4.00. The molecule has 0 atom stereocenters. The van der Waals surface area contributed by atoms with Gasteiger partial charge in [0.2, 0.25) is 0 Å². The van der Waals surface area contributed by atoms with Crippen molar-refractivity contribution in [3.8, 4) is 0 Å². The Morgan fingerprint density at radius 2 is 1.44 bits per heavy atom. The van der Waals surface area contributed by atoms with Crippen LogP contribution in [-0.2, 0) is 19.1 Å². The minimum atomic E-state index is -0.712. The van der Waals surface area contributed by atoms with E-state index in [-0.39, 0.29) is 33.8 Å². The van der Waals surface area contributed by atoms with Crippen molar-refractivity contribution in [3.63, 3.8) is 0 Å². The molecule has 0 radical (unpaired) electrons. The highest BCUT2D eigenvalue weighted by Crippen LogP contribution is 1.91. The fraction of sp³-hybridized carbons (Fsp3) is 0.545. The topological polar surface area (TPSA) is 76.5 Å². The number of hydrogen-bond donors (Lipinski definition) is 1. The van der Waals surface area contributed by atoms with Crippen molar-refractivity contribution < 1.29 is 19.1 Å². The van der Waals surface area contributed by atoms with Gasteiger partial charge in [0, 0.05) is 5.57 Å². The first kappa shape index (κ1) is 19.9. The number of hydrogen-bond acceptors (Lipinski definition) is 5. The molecule has 0 spiro atoms. The van der Waals surface area contributed by atoms with Gasteiger partial charge in [-0.05, 0) is 13.8 Å². The summed E-state index contributed by atoms with van der Waals surface area (Å²) in [6, 6.07) is 0. The van der Waals surface area contributed by atoms with Gasteiger partial charge in [0.25, 0.3) is 0 Å². The lowest BCUT2D eigenvalue weighted by atomic mass is 10.4. The number of esters is 2. The monoisotopic (exact) mass is 231 g/mol. The van der Waals surface area contributed by atoms with Crippen LogP contribution in [0.2, 0.25) is 0 Å². The lowest BCUT2D eigenvalue weighted by Crippen LogP contribution is -2.18. The Hall–Kier alpha value is -1.65. The SMILES string of the molecule is C.C.C=C(C)C(=O)OCCOC(=O)C(C)=N. The number of nitrogens with one attached hydrogen (secondary N) is 1. The Kier molecular flexibility index (Phi) is 12.3. The first-order valence-corrected chi connectivity index (χ1v) is 4.00. The summed E-state index contributed by atoms with van der Waals surface area (Å²) in [6.07, 6.45) is 0. The molecule has 0 rings (SSSR count). The molecule has 0 unspecified atom stereocenters. The van der Waals surface area contributed by atoms with Gasteiger partial charge in [-0.25, -0.2) is 9.59 Å². The summed E-state index contributed by atoms with van der Waals surface area (Å²) in [6.45, 7) is 6.16. The van der Waals surface area contributed by atoms with Gasteiger partial charge in [-0.2, -0.15) is 0 Å². The summed E-state index contributed by atoms with van der Waals surface area (Å²) in [4.78, 5) is 21.5. The molecule has 1 N–H and O–H groups in total. The van der Waals surface area contributed by atoms with Gasteiger partial charge in [0.05, 0.1) is 0 Å². The second-order valence-electron chi connectivity index (χ2n) is 2.68. The van der Waals surface area contributed by atoms with Gasteiger partial charge in [0.15, 0.2) is 0 Å². The fourth-order valence-electron chi connectivity index (χ4n) is 0.500. The minimum Gasteiger partial charge on any atom is -0.459 e. The van der Waals surface area contributed by atoms with Gasteiger partial charge >= 0.3 is 11.9 Å². The second kappa shape index (κ2) is 9.89. The summed E-state index contributed by atoms with van der Waals surface area (Å²) in [7, 11) is 0. The molecule has 5 heteroatoms. The van der Waals surface area contributed by atoms with Crippen molar-refractivity contribution in [1.82, 2.24) is 0 Å². The molecule has 16 heavy (non-hydrogen) atoms. The van der Waals surface area contributed by atoms with Gasteiger partial charge in [-0.3, -0.25) is 5.41 Å². The normalized spacial score (nSPS) is 7.88. The smallest absolute Gasteiger partial charge is 0.351 e. The highest BCUT2D eigenvalue weighted by atomic mass is 16.6. The van der Waals surface area contributed by atoms with Crippen LogP contribution in [0.1, 0.15) is 28.7 Å². The third kappa shape index (κ3) is 8.93. The van der Waals surface area contributed by atoms with Crippen molar-refractivity contribution in [2.75, 3.05) is 13.2 Å². The lowest BCUT2D eigenvalue weighted by Gasteiger charge is -2.04. The standard InChI is InChI=1S/C9H13NO4.2CH4/c1-6(2)8(11)13-4-5-14-9(12)7(3)10;;/h10H,1,4-5H2,2-3H3;2*1H4. The molecule has 94 valence electrons. The van der Waals surface area contributed by atoms with Gasteiger partial charge < -0.3 is 9.47 Å². The molecule has 5 nitrogen and oxygen atoms in total. The molecule has 0 aliphatic heterocycles. The molecule has 0 aliphatic carbocycles. The van der Waals surface area contributed by atoms with Crippen LogP contribution in [0.25, 0.3) is 0 Å². The van der Waals surface area contributed by atoms with E-state index >= 15 is 0 Å². The van der Waals surface area contributed by atoms with Crippen molar-refractivity contribution >= 4 is 17.7 Å². The zero-order chi connectivity index (χ0) is 11.1. The van der Waals surface area contributed by atoms with E-state index in [9.17, 15) is 9.59 Å². The summed E-state index contributed by atoms with van der Waals surface area (Å²) in [5, 5.41) is 6.89. The molecule has 0 saturated carbocycles. The highest BCUT2D eigenvalue weighted by molar-refractivity contribution is 6.33. The van der Waals surface area contributed by atoms with Crippen LogP contribution in [-0.4, -0.2) is 30.9 Å². The van der Waals surface area contributed by atoms with E-state index in [2.05, 4.69) is 16.1 Å². The summed E-state index contributed by atoms with van der Waals surface area (Å²) in [5.74, 6) is -1.23. The summed E-state index contributed by atoms with van der Waals surface area (Å²) in [5.41, 5.74) is 0.107. The van der Waals surface area contributed by atoms with Crippen molar-refractivity contribution in [2.24, 2.45) is 0 Å². The Morgan fingerprint density at radius 1 is 1.06 bits per heavy atom. The van der Waals surface area contributed by atoms with Crippen molar-refractivity contribution in [3.05, 3.63) is 12.2 Å². The maximum absolute atomic E-state index is 10.8. The molecule has 0 aliphatic rings. The number of rotatable bonds is 5. The molecule has 0 bridgehead atoms. The minimum absolute atomic E-state index is 0. The maximum atomic E-state index is 10.8. The van der Waals surface area contributed by atoms with Gasteiger partial charge in [-0.1, -0.05) is 21.4 Å². The van der Waals surface area contributed by atoms with E-state index < -0.39 is 11.9 Å². The Morgan fingerprint density at radius 3 is 1.75 bits per heavy atom. The zero-order valence-corrected chi connectivity index (χ0v) is 8.25. The largest absolute Gasteiger partial charge is 0.459 e. The Balaban J connectivity index is -0.000000845. The quantitative estimate of drug-likeness (QED) is 0.339. The predicted molar refractivity (Wildman–Crippen MR) is 63.6 cm³/mol. The van der Waals surface area contributed by atoms with E-state index in [1.165, 1.54) is 13.8 Å². The van der Waals surface area contributed by atoms with E-state index in [0.29, 0.717) is 5.57 Å². The highest BCUT2D eigenvalue weighted by Gasteiger charge is 2.06. The number of carbonyl (C=O) groups excluding carboxylic acids is 2. The average molecular weight is 231 g/mol. The van der Waals surface area contributed by atoms with Gasteiger partial charge in [-0.15, -0.1) is 0 Å². The summed E-state index contributed by atoms with van der Waals surface area (Å²) < 4.78 is 9.21. The van der Waals surface area contributed by atoms with Crippen LogP contribution in [0.4, 0.5) is 0 Å². The zero-order valence-electron chi connectivity index (χ0n) is 8.25. The average Bonchev–Trinajstić information content (AvgIpc) is 2.11. The molecule has 0 amide bonds. The summed E-state index contributed by atoms with van der Waals surface area (Å²) >= 11 is 0. The molecular weight excluding hydrogens is 210 g/mol. The van der Waals surface area contributed by atoms with Crippen LogP contribution in [0, 0.1) is 5.41 Å². The lowest BCUT2D eigenvalue weighted by molar-refractivity contribution is -0.145. The van der Waals surface area contributed by atoms with Crippen molar-refractivity contribution in [1.29, 1.82) is 5.41 Å². The first-order chi connectivity index (χ1) is 6.45. The predicted octanol–water partition coefficient (Wildman–Crippen LogP) is 1.96. The van der Waals surface area contributed by atoms with Gasteiger partial charge in [0.1, 0.15) is 18.9 Å². The number of ether oxygens (including phenoxy) is 2. The molecule has 0 saturated heterocycles. The third-order valence-corrected chi connectivity index (χ3v) is 1.20. The van der Waals surface area contributed by atoms with E-state index in [1.54, 1.807) is 0 Å². The van der Waals surface area contributed by atoms with Crippen LogP contribution in [0.5, 0.6) is 0 Å². The number of carbonyl (C=O) groups is 2. The molecule has 0 aromatic heterocycles. The Bertz CT molecular complexity index is 243.